The van der Waals surface area contributed by atoms with Crippen LogP contribution in [-0.2, 0) is 32.0 Å². The molecular formula is C23H27N3O5S. The zero-order valence-corrected chi connectivity index (χ0v) is 18.7. The Labute approximate surface area is 192 Å². The maximum absolute atomic E-state index is 11.9. The number of esters is 1. The molecule has 8 nitrogen and oxygen atoms in total. The average Bonchev–Trinajstić information content (AvgIpc) is 2.80. The van der Waals surface area contributed by atoms with Crippen molar-refractivity contribution in [3.8, 4) is 5.75 Å². The summed E-state index contributed by atoms with van der Waals surface area (Å²) in [5, 5.41) is 2.34. The molecule has 0 fully saturated rings. The van der Waals surface area contributed by atoms with Crippen LogP contribution in [0.2, 0.25) is 0 Å². The number of amides is 2. The second-order valence-electron chi connectivity index (χ2n) is 6.88. The van der Waals surface area contributed by atoms with Crippen LogP contribution >= 0.6 is 12.2 Å². The van der Waals surface area contributed by atoms with Gasteiger partial charge in [0.25, 0.3) is 0 Å². The van der Waals surface area contributed by atoms with Gasteiger partial charge in [-0.3, -0.25) is 25.2 Å². The van der Waals surface area contributed by atoms with E-state index in [-0.39, 0.29) is 30.3 Å². The van der Waals surface area contributed by atoms with Gasteiger partial charge in [-0.05, 0) is 48.3 Å². The van der Waals surface area contributed by atoms with Crippen molar-refractivity contribution < 1.29 is 23.9 Å². The molecule has 0 heterocycles. The third kappa shape index (κ3) is 10.0. The molecule has 2 aromatic rings. The lowest BCUT2D eigenvalue weighted by atomic mass is 10.1. The number of carbonyl (C=O) groups excluding carboxylic acids is 3. The lowest BCUT2D eigenvalue weighted by Crippen LogP contribution is -2.48. The third-order valence-electron chi connectivity index (χ3n) is 4.36. The van der Waals surface area contributed by atoms with Gasteiger partial charge in [0.1, 0.15) is 5.75 Å². The Morgan fingerprint density at radius 3 is 2.28 bits per heavy atom. The van der Waals surface area contributed by atoms with E-state index in [1.54, 1.807) is 31.4 Å². The molecule has 0 saturated carbocycles. The van der Waals surface area contributed by atoms with Crippen molar-refractivity contribution in [3.63, 3.8) is 0 Å². The highest BCUT2D eigenvalue weighted by molar-refractivity contribution is 7.80. The first-order valence-electron chi connectivity index (χ1n) is 10.2. The second-order valence-corrected chi connectivity index (χ2v) is 7.29. The van der Waals surface area contributed by atoms with Crippen molar-refractivity contribution in [2.45, 2.75) is 32.1 Å². The molecule has 0 aliphatic rings. The first-order chi connectivity index (χ1) is 15.5. The molecule has 2 aromatic carbocycles. The Balaban J connectivity index is 1.55. The predicted octanol–water partition coefficient (Wildman–Crippen LogP) is 2.22. The molecule has 0 spiro atoms. The Bertz CT molecular complexity index is 904. The Kier molecular flexibility index (Phi) is 10.7. The number of carbonyl (C=O) groups is 3. The van der Waals surface area contributed by atoms with Crippen LogP contribution in [0.25, 0.3) is 0 Å². The summed E-state index contributed by atoms with van der Waals surface area (Å²) >= 11 is 4.97. The van der Waals surface area contributed by atoms with Gasteiger partial charge in [-0.2, -0.15) is 0 Å². The fraction of sp³-hybridized carbons (Fsp3) is 0.304. The lowest BCUT2D eigenvalue weighted by molar-refractivity contribution is -0.145. The van der Waals surface area contributed by atoms with E-state index < -0.39 is 11.9 Å². The SMILES string of the molecule is COc1ccc(CC(=O)NNC(=S)NC(=O)CCC(=O)OCCCc2ccccc2)cc1. The van der Waals surface area contributed by atoms with Gasteiger partial charge in [0, 0.05) is 6.42 Å². The zero-order chi connectivity index (χ0) is 23.2. The molecule has 9 heteroatoms. The molecule has 0 aliphatic heterocycles. The normalized spacial score (nSPS) is 10.0. The monoisotopic (exact) mass is 457 g/mol. The number of hydrazine groups is 1. The van der Waals surface area contributed by atoms with Crippen LogP contribution in [-0.4, -0.2) is 36.6 Å². The van der Waals surface area contributed by atoms with Crippen molar-refractivity contribution in [2.24, 2.45) is 0 Å². The molecule has 2 amide bonds. The molecule has 0 atom stereocenters. The molecule has 0 bridgehead atoms. The highest BCUT2D eigenvalue weighted by Gasteiger charge is 2.10. The van der Waals surface area contributed by atoms with E-state index >= 15 is 0 Å². The Morgan fingerprint density at radius 2 is 1.59 bits per heavy atom. The molecule has 0 radical (unpaired) electrons. The summed E-state index contributed by atoms with van der Waals surface area (Å²) in [5.74, 6) is -0.522. The first kappa shape index (κ1) is 24.8. The van der Waals surface area contributed by atoms with Crippen molar-refractivity contribution >= 4 is 35.1 Å². The van der Waals surface area contributed by atoms with E-state index in [0.29, 0.717) is 18.8 Å². The summed E-state index contributed by atoms with van der Waals surface area (Å²) in [5.41, 5.74) is 6.84. The minimum absolute atomic E-state index is 0.0520. The van der Waals surface area contributed by atoms with Crippen LogP contribution in [0.15, 0.2) is 54.6 Å². The topological polar surface area (TPSA) is 106 Å². The van der Waals surface area contributed by atoms with Gasteiger partial charge >= 0.3 is 5.97 Å². The molecule has 2 rings (SSSR count). The molecule has 3 N–H and O–H groups in total. The Hall–Kier alpha value is -3.46. The van der Waals surface area contributed by atoms with Crippen molar-refractivity contribution in [1.29, 1.82) is 0 Å². The summed E-state index contributed by atoms with van der Waals surface area (Å²) in [4.78, 5) is 35.6. The standard InChI is InChI=1S/C23H27N3O5S/c1-30-19-11-9-18(10-12-19)16-21(28)25-26-23(32)24-20(27)13-14-22(29)31-15-5-8-17-6-3-2-4-7-17/h2-4,6-7,9-12H,5,8,13-16H2,1H3,(H,25,28)(H2,24,26,27,32). The maximum atomic E-state index is 11.9. The molecule has 0 unspecified atom stereocenters. The second kappa shape index (κ2) is 13.8. The summed E-state index contributed by atoms with van der Waals surface area (Å²) < 4.78 is 10.2. The summed E-state index contributed by atoms with van der Waals surface area (Å²) in [7, 11) is 1.57. The van der Waals surface area contributed by atoms with E-state index in [9.17, 15) is 14.4 Å². The molecule has 32 heavy (non-hydrogen) atoms. The molecular weight excluding hydrogens is 430 g/mol. The summed E-state index contributed by atoms with van der Waals surface area (Å²) in [6.07, 6.45) is 1.54. The van der Waals surface area contributed by atoms with Crippen LogP contribution in [0, 0.1) is 0 Å². The van der Waals surface area contributed by atoms with Gasteiger partial charge in [0.05, 0.1) is 26.6 Å². The number of thiocarbonyl (C=S) groups is 1. The lowest BCUT2D eigenvalue weighted by Gasteiger charge is -2.11. The van der Waals surface area contributed by atoms with E-state index in [1.165, 1.54) is 5.56 Å². The maximum Gasteiger partial charge on any atom is 0.306 e. The van der Waals surface area contributed by atoms with Crippen LogP contribution in [0.3, 0.4) is 0 Å². The summed E-state index contributed by atoms with van der Waals surface area (Å²) in [6, 6.07) is 17.0. The highest BCUT2D eigenvalue weighted by atomic mass is 32.1. The minimum Gasteiger partial charge on any atom is -0.497 e. The van der Waals surface area contributed by atoms with Crippen LogP contribution in [0.1, 0.15) is 30.4 Å². The highest BCUT2D eigenvalue weighted by Crippen LogP contribution is 2.11. The van der Waals surface area contributed by atoms with Crippen molar-refractivity contribution in [2.75, 3.05) is 13.7 Å². The fourth-order valence-electron chi connectivity index (χ4n) is 2.71. The number of aryl methyl sites for hydroxylation is 1. The number of ether oxygens (including phenoxy) is 2. The van der Waals surface area contributed by atoms with E-state index in [0.717, 1.165) is 12.0 Å². The molecule has 0 saturated heterocycles. The first-order valence-corrected chi connectivity index (χ1v) is 10.6. The van der Waals surface area contributed by atoms with Crippen LogP contribution < -0.4 is 20.9 Å². The number of nitrogens with one attached hydrogen (secondary N) is 3. The van der Waals surface area contributed by atoms with E-state index in [1.807, 2.05) is 30.3 Å². The molecule has 0 aliphatic carbocycles. The van der Waals surface area contributed by atoms with Crippen LogP contribution in [0.4, 0.5) is 0 Å². The van der Waals surface area contributed by atoms with E-state index in [4.69, 9.17) is 21.7 Å². The van der Waals surface area contributed by atoms with Gasteiger partial charge < -0.3 is 14.8 Å². The van der Waals surface area contributed by atoms with Crippen LogP contribution in [0.5, 0.6) is 5.75 Å². The fourth-order valence-corrected chi connectivity index (χ4v) is 2.88. The van der Waals surface area contributed by atoms with Crippen molar-refractivity contribution in [1.82, 2.24) is 16.2 Å². The number of benzene rings is 2. The predicted molar refractivity (Wildman–Crippen MR) is 124 cm³/mol. The van der Waals surface area contributed by atoms with Gasteiger partial charge in [-0.1, -0.05) is 42.5 Å². The summed E-state index contributed by atoms with van der Waals surface area (Å²) in [6.45, 7) is 0.301. The van der Waals surface area contributed by atoms with Crippen molar-refractivity contribution in [3.05, 3.63) is 65.7 Å². The van der Waals surface area contributed by atoms with Gasteiger partial charge in [-0.25, -0.2) is 0 Å². The smallest absolute Gasteiger partial charge is 0.306 e. The average molecular weight is 458 g/mol. The minimum atomic E-state index is -0.451. The molecule has 170 valence electrons. The third-order valence-corrected chi connectivity index (χ3v) is 4.57. The largest absolute Gasteiger partial charge is 0.497 e. The number of hydrogen-bond acceptors (Lipinski definition) is 6. The number of rotatable bonds is 10. The van der Waals surface area contributed by atoms with E-state index in [2.05, 4.69) is 16.2 Å². The zero-order valence-electron chi connectivity index (χ0n) is 17.9. The van der Waals surface area contributed by atoms with Gasteiger partial charge in [0.2, 0.25) is 11.8 Å². The Morgan fingerprint density at radius 1 is 0.875 bits per heavy atom. The van der Waals surface area contributed by atoms with Gasteiger partial charge in [0.15, 0.2) is 5.11 Å². The number of hydrogen-bond donors (Lipinski definition) is 3. The molecule has 0 aromatic heterocycles. The number of methoxy groups -OCH3 is 1. The quantitative estimate of drug-likeness (QED) is 0.217. The van der Waals surface area contributed by atoms with Gasteiger partial charge in [-0.15, -0.1) is 0 Å².